The van der Waals surface area contributed by atoms with Crippen LogP contribution >= 0.6 is 0 Å². The van der Waals surface area contributed by atoms with E-state index in [1.165, 1.54) is 0 Å². The first kappa shape index (κ1) is 11.5. The molecule has 0 unspecified atom stereocenters. The van der Waals surface area contributed by atoms with E-state index in [-0.39, 0.29) is 5.78 Å². The zero-order chi connectivity index (χ0) is 11.3. The molecule has 0 bridgehead atoms. The van der Waals surface area contributed by atoms with Crippen molar-refractivity contribution in [1.29, 1.82) is 0 Å². The van der Waals surface area contributed by atoms with Crippen LogP contribution in [0.5, 0.6) is 5.75 Å². The molecule has 2 nitrogen and oxygen atoms in total. The van der Waals surface area contributed by atoms with E-state index in [9.17, 15) is 4.79 Å². The van der Waals surface area contributed by atoms with Gasteiger partial charge in [0.05, 0.1) is 6.61 Å². The quantitative estimate of drug-likeness (QED) is 0.543. The molecular formula is C13H16O2. The molecule has 0 aliphatic carbocycles. The van der Waals surface area contributed by atoms with E-state index >= 15 is 0 Å². The highest BCUT2D eigenvalue weighted by Crippen LogP contribution is 2.14. The number of Topliss-reactive ketones (excluding diaryl/α,β-unsaturated/α-hetero) is 1. The van der Waals surface area contributed by atoms with Crippen LogP contribution < -0.4 is 4.74 Å². The Morgan fingerprint density at radius 2 is 1.93 bits per heavy atom. The summed E-state index contributed by atoms with van der Waals surface area (Å²) in [5, 5.41) is 0. The van der Waals surface area contributed by atoms with Crippen molar-refractivity contribution in [1.82, 2.24) is 0 Å². The van der Waals surface area contributed by atoms with Crippen molar-refractivity contribution in [2.45, 2.75) is 20.3 Å². The molecule has 0 saturated heterocycles. The van der Waals surface area contributed by atoms with E-state index in [1.807, 2.05) is 26.0 Å². The summed E-state index contributed by atoms with van der Waals surface area (Å²) in [7, 11) is 0. The van der Waals surface area contributed by atoms with E-state index in [2.05, 4.69) is 6.58 Å². The zero-order valence-corrected chi connectivity index (χ0v) is 9.25. The second-order valence-corrected chi connectivity index (χ2v) is 3.51. The number of carbonyl (C=O) groups is 1. The Bertz CT molecular complexity index is 349. The third-order valence-corrected chi connectivity index (χ3v) is 1.95. The maximum absolute atomic E-state index is 11.6. The Balaban J connectivity index is 2.71. The molecule has 0 heterocycles. The molecule has 0 N–H and O–H groups in total. The Morgan fingerprint density at radius 1 is 1.33 bits per heavy atom. The smallest absolute Gasteiger partial charge is 0.166 e. The first-order chi connectivity index (χ1) is 7.13. The van der Waals surface area contributed by atoms with Crippen molar-refractivity contribution >= 4 is 5.78 Å². The van der Waals surface area contributed by atoms with E-state index in [4.69, 9.17) is 4.74 Å². The summed E-state index contributed by atoms with van der Waals surface area (Å²) in [6.45, 7) is 8.14. The van der Waals surface area contributed by atoms with Gasteiger partial charge in [-0.2, -0.15) is 0 Å². The number of ketones is 1. The van der Waals surface area contributed by atoms with Crippen molar-refractivity contribution in [2.24, 2.45) is 0 Å². The fourth-order valence-electron chi connectivity index (χ4n) is 1.28. The zero-order valence-electron chi connectivity index (χ0n) is 9.25. The van der Waals surface area contributed by atoms with Crippen molar-refractivity contribution in [3.05, 3.63) is 42.0 Å². The fraction of sp³-hybridized carbons (Fsp3) is 0.308. The van der Waals surface area contributed by atoms with Crippen LogP contribution in [0, 0.1) is 0 Å². The molecule has 1 rings (SSSR count). The Morgan fingerprint density at radius 3 is 2.40 bits per heavy atom. The maximum atomic E-state index is 11.6. The van der Waals surface area contributed by atoms with Crippen LogP contribution in [0.4, 0.5) is 0 Å². The lowest BCUT2D eigenvalue weighted by atomic mass is 10.1. The highest BCUT2D eigenvalue weighted by Gasteiger charge is 2.05. The molecule has 80 valence electrons. The highest BCUT2D eigenvalue weighted by atomic mass is 16.5. The van der Waals surface area contributed by atoms with Crippen molar-refractivity contribution < 1.29 is 9.53 Å². The molecule has 1 aromatic carbocycles. The molecule has 0 amide bonds. The number of carbonyl (C=O) groups excluding carboxylic acids is 1. The van der Waals surface area contributed by atoms with Crippen LogP contribution in [0.2, 0.25) is 0 Å². The van der Waals surface area contributed by atoms with Gasteiger partial charge in [-0.15, -0.1) is 0 Å². The van der Waals surface area contributed by atoms with Gasteiger partial charge in [-0.05, 0) is 38.1 Å². The first-order valence-electron chi connectivity index (χ1n) is 5.04. The summed E-state index contributed by atoms with van der Waals surface area (Å²) >= 11 is 0. The van der Waals surface area contributed by atoms with Gasteiger partial charge in [0.1, 0.15) is 5.75 Å². The summed E-state index contributed by atoms with van der Waals surface area (Å²) in [6.07, 6.45) is 0.411. The lowest BCUT2D eigenvalue weighted by Gasteiger charge is -2.04. The summed E-state index contributed by atoms with van der Waals surface area (Å²) in [4.78, 5) is 11.6. The summed E-state index contributed by atoms with van der Waals surface area (Å²) in [6, 6.07) is 7.21. The average molecular weight is 204 g/mol. The molecule has 0 fully saturated rings. The number of hydrogen-bond acceptors (Lipinski definition) is 2. The largest absolute Gasteiger partial charge is 0.494 e. The highest BCUT2D eigenvalue weighted by molar-refractivity contribution is 5.97. The van der Waals surface area contributed by atoms with Crippen molar-refractivity contribution in [3.63, 3.8) is 0 Å². The Hall–Kier alpha value is -1.57. The lowest BCUT2D eigenvalue weighted by molar-refractivity contribution is 0.0993. The van der Waals surface area contributed by atoms with E-state index in [0.717, 1.165) is 11.3 Å². The van der Waals surface area contributed by atoms with Crippen LogP contribution in [-0.2, 0) is 0 Å². The molecule has 0 saturated carbocycles. The maximum Gasteiger partial charge on any atom is 0.166 e. The topological polar surface area (TPSA) is 26.3 Å². The molecule has 0 atom stereocenters. The minimum atomic E-state index is 0.102. The normalized spacial score (nSPS) is 9.73. The minimum Gasteiger partial charge on any atom is -0.494 e. The number of benzene rings is 1. The third-order valence-electron chi connectivity index (χ3n) is 1.95. The molecule has 0 aromatic heterocycles. The Kier molecular flexibility index (Phi) is 4.10. The van der Waals surface area contributed by atoms with Gasteiger partial charge in [0.2, 0.25) is 0 Å². The second-order valence-electron chi connectivity index (χ2n) is 3.51. The molecular weight excluding hydrogens is 188 g/mol. The molecule has 0 radical (unpaired) electrons. The Labute approximate surface area is 90.6 Å². The first-order valence-corrected chi connectivity index (χ1v) is 5.04. The molecule has 0 aliphatic rings. The van der Waals surface area contributed by atoms with Gasteiger partial charge >= 0.3 is 0 Å². The molecule has 2 heteroatoms. The predicted molar refractivity (Wildman–Crippen MR) is 61.4 cm³/mol. The number of allylic oxidation sites excluding steroid dienone is 1. The molecule has 0 aliphatic heterocycles. The fourth-order valence-corrected chi connectivity index (χ4v) is 1.28. The van der Waals surface area contributed by atoms with Crippen LogP contribution in [0.15, 0.2) is 36.4 Å². The van der Waals surface area contributed by atoms with Gasteiger partial charge in [0.15, 0.2) is 5.78 Å². The predicted octanol–water partition coefficient (Wildman–Crippen LogP) is 3.23. The summed E-state index contributed by atoms with van der Waals surface area (Å²) in [5.74, 6) is 0.898. The van der Waals surface area contributed by atoms with Crippen LogP contribution in [-0.4, -0.2) is 12.4 Å². The minimum absolute atomic E-state index is 0.102. The number of rotatable bonds is 5. The van der Waals surface area contributed by atoms with E-state index in [0.29, 0.717) is 18.6 Å². The average Bonchev–Trinajstić information content (AvgIpc) is 2.18. The number of ether oxygens (including phenoxy) is 1. The van der Waals surface area contributed by atoms with Gasteiger partial charge in [0.25, 0.3) is 0 Å². The van der Waals surface area contributed by atoms with Crippen LogP contribution in [0.25, 0.3) is 0 Å². The summed E-state index contributed by atoms with van der Waals surface area (Å²) in [5.41, 5.74) is 1.59. The van der Waals surface area contributed by atoms with Gasteiger partial charge in [-0.3, -0.25) is 4.79 Å². The van der Waals surface area contributed by atoms with Gasteiger partial charge in [0, 0.05) is 12.0 Å². The second kappa shape index (κ2) is 5.35. The van der Waals surface area contributed by atoms with Crippen LogP contribution in [0.3, 0.4) is 0 Å². The SMILES string of the molecule is C=C(C)CC(=O)c1ccc(OCC)cc1. The molecule has 1 aromatic rings. The van der Waals surface area contributed by atoms with Crippen molar-refractivity contribution in [3.8, 4) is 5.75 Å². The van der Waals surface area contributed by atoms with E-state index < -0.39 is 0 Å². The van der Waals surface area contributed by atoms with Gasteiger partial charge in [-0.1, -0.05) is 12.2 Å². The lowest BCUT2D eigenvalue weighted by Crippen LogP contribution is -1.99. The number of hydrogen-bond donors (Lipinski definition) is 0. The standard InChI is InChI=1S/C13H16O2/c1-4-15-12-7-5-11(6-8-12)13(14)9-10(2)3/h5-8H,2,4,9H2,1,3H3. The third kappa shape index (κ3) is 3.58. The summed E-state index contributed by atoms with van der Waals surface area (Å²) < 4.78 is 5.29. The van der Waals surface area contributed by atoms with Gasteiger partial charge in [-0.25, -0.2) is 0 Å². The van der Waals surface area contributed by atoms with Crippen molar-refractivity contribution in [2.75, 3.05) is 6.61 Å². The molecule has 15 heavy (non-hydrogen) atoms. The van der Waals surface area contributed by atoms with Gasteiger partial charge < -0.3 is 4.74 Å². The van der Waals surface area contributed by atoms with Crippen LogP contribution in [0.1, 0.15) is 30.6 Å². The monoisotopic (exact) mass is 204 g/mol. The van der Waals surface area contributed by atoms with E-state index in [1.54, 1.807) is 12.1 Å². The molecule has 0 spiro atoms.